The fraction of sp³-hybridized carbons (Fsp3) is 0.389. The number of hydrogen-bond donors (Lipinski definition) is 2. The lowest BCUT2D eigenvalue weighted by molar-refractivity contribution is -0.137. The zero-order valence-corrected chi connectivity index (χ0v) is 14.5. The first kappa shape index (κ1) is 16.8. The van der Waals surface area contributed by atoms with Crippen molar-refractivity contribution in [3.05, 3.63) is 40.4 Å². The molecule has 0 spiro atoms. The molecular formula is C18H20N2O3S. The van der Waals surface area contributed by atoms with E-state index in [-0.39, 0.29) is 5.41 Å². The molecule has 2 N–H and O–H groups in total. The monoisotopic (exact) mass is 344 g/mol. The van der Waals surface area contributed by atoms with Crippen LogP contribution < -0.4 is 5.32 Å². The molecule has 0 bridgehead atoms. The molecule has 0 fully saturated rings. The van der Waals surface area contributed by atoms with E-state index < -0.39 is 12.0 Å². The number of carboxylic acids is 1. The Morgan fingerprint density at radius 3 is 2.67 bits per heavy atom. The van der Waals surface area contributed by atoms with Crippen LogP contribution in [0.3, 0.4) is 0 Å². The quantitative estimate of drug-likeness (QED) is 0.816. The van der Waals surface area contributed by atoms with Crippen molar-refractivity contribution in [2.75, 3.05) is 11.1 Å². The Kier molecular flexibility index (Phi) is 4.49. The molecule has 0 aromatic heterocycles. The normalized spacial score (nSPS) is 22.4. The summed E-state index contributed by atoms with van der Waals surface area (Å²) < 4.78 is 0. The molecule has 24 heavy (non-hydrogen) atoms. The topological polar surface area (TPSA) is 78.8 Å². The van der Waals surface area contributed by atoms with Crippen molar-refractivity contribution in [3.63, 3.8) is 0 Å². The molecule has 1 heterocycles. The summed E-state index contributed by atoms with van der Waals surface area (Å²) in [5, 5.41) is 12.7. The number of aldehydes is 1. The fourth-order valence-electron chi connectivity index (χ4n) is 3.04. The van der Waals surface area contributed by atoms with Gasteiger partial charge in [0.05, 0.1) is 5.71 Å². The number of anilines is 1. The lowest BCUT2D eigenvalue weighted by Gasteiger charge is -2.36. The van der Waals surface area contributed by atoms with E-state index in [4.69, 9.17) is 0 Å². The van der Waals surface area contributed by atoms with E-state index in [0.29, 0.717) is 11.3 Å². The van der Waals surface area contributed by atoms with E-state index in [1.165, 1.54) is 0 Å². The van der Waals surface area contributed by atoms with Crippen LogP contribution in [0.2, 0.25) is 0 Å². The maximum Gasteiger partial charge on any atom is 0.329 e. The number of allylic oxidation sites excluding steroid dienone is 2. The molecule has 0 saturated carbocycles. The third-order valence-corrected chi connectivity index (χ3v) is 5.41. The molecule has 6 heteroatoms. The number of carbonyl (C=O) groups is 2. The van der Waals surface area contributed by atoms with Crippen LogP contribution in [0.25, 0.3) is 0 Å². The summed E-state index contributed by atoms with van der Waals surface area (Å²) in [6.45, 7) is 4.33. The summed E-state index contributed by atoms with van der Waals surface area (Å²) >= 11 is 1.57. The van der Waals surface area contributed by atoms with Crippen LogP contribution in [0.1, 0.15) is 37.0 Å². The Balaban J connectivity index is 1.93. The molecule has 3 rings (SSSR count). The van der Waals surface area contributed by atoms with E-state index in [1.54, 1.807) is 23.9 Å². The molecule has 1 unspecified atom stereocenters. The fourth-order valence-corrected chi connectivity index (χ4v) is 4.17. The number of thioether (sulfide) groups is 1. The van der Waals surface area contributed by atoms with Gasteiger partial charge in [-0.05, 0) is 42.5 Å². The highest BCUT2D eigenvalue weighted by atomic mass is 32.2. The average Bonchev–Trinajstić information content (AvgIpc) is 2.54. The molecule has 1 aliphatic carbocycles. The molecule has 1 atom stereocenters. The summed E-state index contributed by atoms with van der Waals surface area (Å²) in [5.41, 5.74) is 3.55. The lowest BCUT2D eigenvalue weighted by atomic mass is 9.78. The lowest BCUT2D eigenvalue weighted by Crippen LogP contribution is -2.34. The maximum atomic E-state index is 11.2. The number of carbonyl (C=O) groups excluding carboxylic acids is 1. The van der Waals surface area contributed by atoms with Gasteiger partial charge in [-0.25, -0.2) is 4.79 Å². The summed E-state index contributed by atoms with van der Waals surface area (Å²) in [7, 11) is 0. The van der Waals surface area contributed by atoms with Gasteiger partial charge in [0.25, 0.3) is 0 Å². The van der Waals surface area contributed by atoms with Gasteiger partial charge >= 0.3 is 5.97 Å². The van der Waals surface area contributed by atoms with Gasteiger partial charge in [-0.2, -0.15) is 0 Å². The highest BCUT2D eigenvalue weighted by Crippen LogP contribution is 2.43. The zero-order valence-electron chi connectivity index (χ0n) is 13.7. The standard InChI is InChI=1S/C18H20N2O3S/c1-18(2)7-13(19-12-5-3-11(9-21)4-6-12)16-14(8-18)20-15(10-24-16)17(22)23/h3-6,9,15,19H,7-8,10H2,1-2H3,(H,22,23). The summed E-state index contributed by atoms with van der Waals surface area (Å²) in [4.78, 5) is 27.6. The van der Waals surface area contributed by atoms with E-state index >= 15 is 0 Å². The Morgan fingerprint density at radius 1 is 1.33 bits per heavy atom. The van der Waals surface area contributed by atoms with E-state index in [1.807, 2.05) is 12.1 Å². The van der Waals surface area contributed by atoms with Crippen molar-refractivity contribution >= 4 is 35.4 Å². The third-order valence-electron chi connectivity index (χ3n) is 4.16. The van der Waals surface area contributed by atoms with Crippen LogP contribution >= 0.6 is 11.8 Å². The van der Waals surface area contributed by atoms with E-state index in [0.717, 1.165) is 41.1 Å². The molecule has 126 valence electrons. The van der Waals surface area contributed by atoms with Crippen molar-refractivity contribution in [2.45, 2.75) is 32.7 Å². The number of hydrogen-bond acceptors (Lipinski definition) is 5. The van der Waals surface area contributed by atoms with Gasteiger partial charge in [-0.15, -0.1) is 11.8 Å². The second kappa shape index (κ2) is 6.43. The van der Waals surface area contributed by atoms with Crippen molar-refractivity contribution in [1.82, 2.24) is 0 Å². The number of carboxylic acid groups (broad SMARTS) is 1. The molecule has 0 radical (unpaired) electrons. The average molecular weight is 344 g/mol. The highest BCUT2D eigenvalue weighted by molar-refractivity contribution is 8.04. The van der Waals surface area contributed by atoms with Gasteiger partial charge in [-0.1, -0.05) is 13.8 Å². The summed E-state index contributed by atoms with van der Waals surface area (Å²) in [6, 6.07) is 6.65. The van der Waals surface area contributed by atoms with Crippen LogP contribution in [0.4, 0.5) is 5.69 Å². The maximum absolute atomic E-state index is 11.2. The predicted octanol–water partition coefficient (Wildman–Crippen LogP) is 3.58. The van der Waals surface area contributed by atoms with Gasteiger partial charge < -0.3 is 10.4 Å². The molecule has 5 nitrogen and oxygen atoms in total. The smallest absolute Gasteiger partial charge is 0.329 e. The Bertz CT molecular complexity index is 735. The second-order valence-electron chi connectivity index (χ2n) is 6.93. The Morgan fingerprint density at radius 2 is 2.04 bits per heavy atom. The molecular weight excluding hydrogens is 324 g/mol. The van der Waals surface area contributed by atoms with Crippen molar-refractivity contribution in [3.8, 4) is 0 Å². The number of aliphatic carboxylic acids is 1. The van der Waals surface area contributed by atoms with Crippen molar-refractivity contribution < 1.29 is 14.7 Å². The van der Waals surface area contributed by atoms with Crippen LogP contribution in [0.15, 0.2) is 39.9 Å². The first-order chi connectivity index (χ1) is 11.4. The number of fused-ring (bicyclic) bond motifs is 1. The number of nitrogens with one attached hydrogen (secondary N) is 1. The predicted molar refractivity (Wildman–Crippen MR) is 96.8 cm³/mol. The van der Waals surface area contributed by atoms with Crippen LogP contribution in [0.5, 0.6) is 0 Å². The zero-order chi connectivity index (χ0) is 17.3. The van der Waals surface area contributed by atoms with Crippen molar-refractivity contribution in [1.29, 1.82) is 0 Å². The van der Waals surface area contributed by atoms with Gasteiger partial charge in [0.1, 0.15) is 6.29 Å². The minimum Gasteiger partial charge on any atom is -0.480 e. The molecule has 1 aromatic carbocycles. The Hall–Kier alpha value is -2.08. The first-order valence-electron chi connectivity index (χ1n) is 7.86. The van der Waals surface area contributed by atoms with Gasteiger partial charge in [0, 0.05) is 27.6 Å². The van der Waals surface area contributed by atoms with Crippen LogP contribution in [-0.4, -0.2) is 34.9 Å². The number of benzene rings is 1. The second-order valence-corrected chi connectivity index (χ2v) is 7.96. The summed E-state index contributed by atoms with van der Waals surface area (Å²) in [6.07, 6.45) is 2.49. The molecule has 0 amide bonds. The third kappa shape index (κ3) is 3.53. The van der Waals surface area contributed by atoms with Gasteiger partial charge in [-0.3, -0.25) is 9.79 Å². The van der Waals surface area contributed by atoms with Crippen molar-refractivity contribution in [2.24, 2.45) is 10.4 Å². The van der Waals surface area contributed by atoms with Gasteiger partial charge in [0.2, 0.25) is 0 Å². The summed E-state index contributed by atoms with van der Waals surface area (Å²) in [5.74, 6) is -0.402. The van der Waals surface area contributed by atoms with Gasteiger partial charge in [0.15, 0.2) is 6.04 Å². The molecule has 0 saturated heterocycles. The number of aliphatic imine (C=N–C) groups is 1. The minimum absolute atomic E-state index is 0.0222. The number of nitrogens with zero attached hydrogens (tertiary/aromatic N) is 1. The molecule has 1 aromatic rings. The van der Waals surface area contributed by atoms with Crippen LogP contribution in [-0.2, 0) is 4.79 Å². The number of rotatable bonds is 4. The Labute approximate surface area is 145 Å². The van der Waals surface area contributed by atoms with E-state index in [9.17, 15) is 14.7 Å². The largest absolute Gasteiger partial charge is 0.480 e. The molecule has 1 aliphatic heterocycles. The SMILES string of the molecule is CC1(C)CC2=NC(C(=O)O)CSC2=C(Nc2ccc(C=O)cc2)C1. The molecule has 2 aliphatic rings. The van der Waals surface area contributed by atoms with Crippen LogP contribution in [0, 0.1) is 5.41 Å². The van der Waals surface area contributed by atoms with E-state index in [2.05, 4.69) is 24.2 Å². The minimum atomic E-state index is -0.864. The highest BCUT2D eigenvalue weighted by Gasteiger charge is 2.36. The first-order valence-corrected chi connectivity index (χ1v) is 8.84.